The lowest BCUT2D eigenvalue weighted by molar-refractivity contribution is 0.0337. The number of H-pyrrole nitrogens is 1. The monoisotopic (exact) mass is 492 g/mol. The zero-order valence-electron chi connectivity index (χ0n) is 19.0. The maximum Gasteiger partial charge on any atom is 0.293 e. The van der Waals surface area contributed by atoms with Crippen LogP contribution in [0.5, 0.6) is 5.75 Å². The Hall–Kier alpha value is -3.49. The van der Waals surface area contributed by atoms with Crippen LogP contribution in [0.25, 0.3) is 17.2 Å². The predicted octanol–water partition coefficient (Wildman–Crippen LogP) is 4.44. The number of rotatable bonds is 9. The molecular formula is C26H25ClN4O4. The van der Waals surface area contributed by atoms with Gasteiger partial charge in [0.05, 0.1) is 5.56 Å². The smallest absolute Gasteiger partial charge is 0.293 e. The number of para-hydroxylation sites is 1. The number of ketones is 1. The highest BCUT2D eigenvalue weighted by Gasteiger charge is 2.36. The van der Waals surface area contributed by atoms with Crippen molar-refractivity contribution in [1.82, 2.24) is 19.6 Å². The fourth-order valence-electron chi connectivity index (χ4n) is 4.41. The Bertz CT molecular complexity index is 1420. The van der Waals surface area contributed by atoms with Gasteiger partial charge >= 0.3 is 0 Å². The van der Waals surface area contributed by atoms with E-state index in [1.54, 1.807) is 24.3 Å². The number of aliphatic hydroxyl groups excluding tert-OH is 1. The van der Waals surface area contributed by atoms with E-state index < -0.39 is 5.56 Å². The summed E-state index contributed by atoms with van der Waals surface area (Å²) in [5.41, 5.74) is 0.898. The first-order valence-corrected chi connectivity index (χ1v) is 12.0. The van der Waals surface area contributed by atoms with Gasteiger partial charge in [-0.1, -0.05) is 60.5 Å². The second-order valence-corrected chi connectivity index (χ2v) is 9.35. The molecule has 2 heterocycles. The maximum absolute atomic E-state index is 12.9. The van der Waals surface area contributed by atoms with Crippen LogP contribution in [0.3, 0.4) is 0 Å². The first kappa shape index (κ1) is 23.3. The van der Waals surface area contributed by atoms with Crippen LogP contribution in [-0.4, -0.2) is 37.1 Å². The SMILES string of the molecule is O=C(CCC1(CO)CCC1)c1ccccc1OCc1nc2nc(-c3ccccc3)[nH]n2c(=O)c1Cl. The number of aromatic amines is 1. The van der Waals surface area contributed by atoms with Gasteiger partial charge in [0.1, 0.15) is 23.1 Å². The van der Waals surface area contributed by atoms with Crippen molar-refractivity contribution >= 4 is 23.2 Å². The average molecular weight is 493 g/mol. The number of aliphatic hydroxyl groups is 1. The molecule has 0 aliphatic heterocycles. The molecule has 2 N–H and O–H groups in total. The van der Waals surface area contributed by atoms with Crippen LogP contribution in [-0.2, 0) is 6.61 Å². The fourth-order valence-corrected chi connectivity index (χ4v) is 4.59. The van der Waals surface area contributed by atoms with Gasteiger partial charge in [0.2, 0.25) is 0 Å². The first-order chi connectivity index (χ1) is 17.0. The van der Waals surface area contributed by atoms with Crippen molar-refractivity contribution in [2.75, 3.05) is 6.61 Å². The molecule has 1 aliphatic carbocycles. The van der Waals surface area contributed by atoms with E-state index in [9.17, 15) is 14.7 Å². The van der Waals surface area contributed by atoms with Crippen LogP contribution in [0, 0.1) is 5.41 Å². The van der Waals surface area contributed by atoms with Gasteiger partial charge in [-0.3, -0.25) is 14.7 Å². The average Bonchev–Trinajstić information content (AvgIpc) is 3.30. The largest absolute Gasteiger partial charge is 0.486 e. The first-order valence-electron chi connectivity index (χ1n) is 11.6. The number of aromatic nitrogens is 4. The quantitative estimate of drug-likeness (QED) is 0.334. The number of carbonyl (C=O) groups is 1. The summed E-state index contributed by atoms with van der Waals surface area (Å²) in [7, 11) is 0. The zero-order chi connectivity index (χ0) is 24.4. The molecule has 0 bridgehead atoms. The second kappa shape index (κ2) is 9.64. The Morgan fingerprint density at radius 2 is 1.86 bits per heavy atom. The number of hydrogen-bond donors (Lipinski definition) is 2. The summed E-state index contributed by atoms with van der Waals surface area (Å²) in [6.07, 6.45) is 3.99. The van der Waals surface area contributed by atoms with Crippen molar-refractivity contribution in [1.29, 1.82) is 0 Å². The van der Waals surface area contributed by atoms with E-state index in [1.807, 2.05) is 30.3 Å². The topological polar surface area (TPSA) is 110 Å². The molecule has 35 heavy (non-hydrogen) atoms. The lowest BCUT2D eigenvalue weighted by Crippen LogP contribution is -2.33. The molecule has 5 rings (SSSR count). The number of benzene rings is 2. The lowest BCUT2D eigenvalue weighted by atomic mass is 9.66. The van der Waals surface area contributed by atoms with Crippen LogP contribution >= 0.6 is 11.6 Å². The molecule has 1 saturated carbocycles. The van der Waals surface area contributed by atoms with E-state index in [4.69, 9.17) is 16.3 Å². The Labute approximate surface area is 206 Å². The van der Waals surface area contributed by atoms with Crippen molar-refractivity contribution in [2.24, 2.45) is 5.41 Å². The van der Waals surface area contributed by atoms with Crippen molar-refractivity contribution in [2.45, 2.75) is 38.7 Å². The summed E-state index contributed by atoms with van der Waals surface area (Å²) in [6.45, 7) is 0.0166. The van der Waals surface area contributed by atoms with Gasteiger partial charge in [0, 0.05) is 18.6 Å². The molecular weight excluding hydrogens is 468 g/mol. The molecule has 0 unspecified atom stereocenters. The Balaban J connectivity index is 1.35. The standard InChI is InChI=1S/C26H25ClN4O4/c27-22-19(28-25-29-23(30-31(25)24(22)34)17-7-2-1-3-8-17)15-35-21-10-5-4-9-18(21)20(33)11-14-26(16-32)12-6-13-26/h1-5,7-10,32H,6,11-16H2,(H,28,29,30). The van der Waals surface area contributed by atoms with Crippen molar-refractivity contribution in [3.63, 3.8) is 0 Å². The number of carbonyl (C=O) groups excluding carboxylic acids is 1. The number of nitrogens with zero attached hydrogens (tertiary/aromatic N) is 3. The lowest BCUT2D eigenvalue weighted by Gasteiger charge is -2.40. The van der Waals surface area contributed by atoms with Crippen molar-refractivity contribution in [3.8, 4) is 17.1 Å². The number of ether oxygens (including phenoxy) is 1. The second-order valence-electron chi connectivity index (χ2n) is 8.97. The van der Waals surface area contributed by atoms with E-state index in [2.05, 4.69) is 15.1 Å². The highest BCUT2D eigenvalue weighted by Crippen LogP contribution is 2.44. The molecule has 9 heteroatoms. The number of hydrogen-bond acceptors (Lipinski definition) is 6. The molecule has 2 aromatic carbocycles. The maximum atomic E-state index is 12.9. The van der Waals surface area contributed by atoms with Crippen LogP contribution in [0.2, 0.25) is 5.02 Å². The minimum atomic E-state index is -0.482. The summed E-state index contributed by atoms with van der Waals surface area (Å²) in [6, 6.07) is 16.4. The van der Waals surface area contributed by atoms with Gasteiger partial charge in [-0.15, -0.1) is 0 Å². The fraction of sp³-hybridized carbons (Fsp3) is 0.308. The van der Waals surface area contributed by atoms with Gasteiger partial charge in [0.25, 0.3) is 11.3 Å². The summed E-state index contributed by atoms with van der Waals surface area (Å²) in [5.74, 6) is 1.02. The Morgan fingerprint density at radius 3 is 2.57 bits per heavy atom. The molecule has 0 saturated heterocycles. The van der Waals surface area contributed by atoms with Gasteiger partial charge in [-0.2, -0.15) is 9.50 Å². The third-order valence-electron chi connectivity index (χ3n) is 6.74. The van der Waals surface area contributed by atoms with Crippen LogP contribution in [0.1, 0.15) is 48.2 Å². The van der Waals surface area contributed by atoms with Crippen molar-refractivity contribution < 1.29 is 14.6 Å². The van der Waals surface area contributed by atoms with E-state index in [1.165, 1.54) is 4.52 Å². The summed E-state index contributed by atoms with van der Waals surface area (Å²) >= 11 is 6.32. The Kier molecular flexibility index (Phi) is 6.40. The molecule has 1 fully saturated rings. The van der Waals surface area contributed by atoms with Gasteiger partial charge in [-0.25, -0.2) is 4.98 Å². The number of nitrogens with one attached hydrogen (secondary N) is 1. The van der Waals surface area contributed by atoms with E-state index in [0.717, 1.165) is 24.8 Å². The zero-order valence-corrected chi connectivity index (χ0v) is 19.8. The molecule has 0 amide bonds. The van der Waals surface area contributed by atoms with E-state index in [0.29, 0.717) is 30.0 Å². The van der Waals surface area contributed by atoms with E-state index in [-0.39, 0.29) is 40.9 Å². The predicted molar refractivity (Wildman–Crippen MR) is 132 cm³/mol. The number of fused-ring (bicyclic) bond motifs is 1. The Morgan fingerprint density at radius 1 is 1.11 bits per heavy atom. The minimum Gasteiger partial charge on any atom is -0.486 e. The molecule has 4 aromatic rings. The van der Waals surface area contributed by atoms with E-state index >= 15 is 0 Å². The molecule has 0 radical (unpaired) electrons. The highest BCUT2D eigenvalue weighted by molar-refractivity contribution is 6.31. The van der Waals surface area contributed by atoms with Gasteiger partial charge < -0.3 is 9.84 Å². The molecule has 8 nitrogen and oxygen atoms in total. The van der Waals surface area contributed by atoms with Crippen LogP contribution < -0.4 is 10.3 Å². The van der Waals surface area contributed by atoms with Crippen molar-refractivity contribution in [3.05, 3.63) is 81.2 Å². The number of halogens is 1. The van der Waals surface area contributed by atoms with Gasteiger partial charge in [-0.05, 0) is 36.8 Å². The third kappa shape index (κ3) is 4.59. The molecule has 1 aliphatic rings. The summed E-state index contributed by atoms with van der Waals surface area (Å²) in [4.78, 5) is 34.6. The summed E-state index contributed by atoms with van der Waals surface area (Å²) in [5, 5.41) is 12.5. The normalized spacial score (nSPS) is 14.6. The van der Waals surface area contributed by atoms with Crippen LogP contribution in [0.4, 0.5) is 0 Å². The van der Waals surface area contributed by atoms with Crippen LogP contribution in [0.15, 0.2) is 59.4 Å². The molecule has 180 valence electrons. The summed E-state index contributed by atoms with van der Waals surface area (Å²) < 4.78 is 7.11. The third-order valence-corrected chi connectivity index (χ3v) is 7.12. The highest BCUT2D eigenvalue weighted by atomic mass is 35.5. The molecule has 2 aromatic heterocycles. The minimum absolute atomic E-state index is 0.0466. The van der Waals surface area contributed by atoms with Gasteiger partial charge in [0.15, 0.2) is 11.6 Å². The molecule has 0 spiro atoms. The number of Topliss-reactive ketones (excluding diaryl/α,β-unsaturated/α-hetero) is 1. The molecule has 0 atom stereocenters.